The van der Waals surface area contributed by atoms with Crippen LogP contribution in [0.5, 0.6) is 11.5 Å². The van der Waals surface area contributed by atoms with Crippen LogP contribution in [0.15, 0.2) is 72.8 Å². The van der Waals surface area contributed by atoms with Crippen molar-refractivity contribution in [2.24, 2.45) is 0 Å². The molecule has 0 unspecified atom stereocenters. The number of benzene rings is 3. The molecule has 0 saturated heterocycles. The van der Waals surface area contributed by atoms with Crippen LogP contribution in [0, 0.1) is 0 Å². The Morgan fingerprint density at radius 3 is 2.18 bits per heavy atom. The van der Waals surface area contributed by atoms with Gasteiger partial charge in [-0.25, -0.2) is 0 Å². The van der Waals surface area contributed by atoms with Crippen molar-refractivity contribution in [1.29, 1.82) is 0 Å². The van der Waals surface area contributed by atoms with E-state index >= 15 is 0 Å². The zero-order valence-corrected chi connectivity index (χ0v) is 17.4. The van der Waals surface area contributed by atoms with E-state index < -0.39 is 0 Å². The van der Waals surface area contributed by atoms with Crippen LogP contribution in [0.3, 0.4) is 0 Å². The second-order valence-corrected chi connectivity index (χ2v) is 6.72. The first-order valence-electron chi connectivity index (χ1n) is 9.04. The number of rotatable bonds is 9. The van der Waals surface area contributed by atoms with Crippen LogP contribution in [-0.2, 0) is 19.6 Å². The molecule has 0 aliphatic heterocycles. The zero-order chi connectivity index (χ0) is 18.9. The van der Waals surface area contributed by atoms with E-state index in [0.29, 0.717) is 23.9 Å². The SMILES string of the molecule is COc1cc(Cl)cc(CNCCc2ccccc2)c1OCc1ccccc1.Cl. The van der Waals surface area contributed by atoms with Crippen molar-refractivity contribution < 1.29 is 9.47 Å². The fraction of sp³-hybridized carbons (Fsp3) is 0.217. The van der Waals surface area contributed by atoms with Crippen molar-refractivity contribution >= 4 is 24.0 Å². The molecule has 0 heterocycles. The molecule has 0 radical (unpaired) electrons. The van der Waals surface area contributed by atoms with Crippen LogP contribution in [0.1, 0.15) is 16.7 Å². The highest BCUT2D eigenvalue weighted by Gasteiger charge is 2.13. The maximum Gasteiger partial charge on any atom is 0.166 e. The number of halogens is 2. The van der Waals surface area contributed by atoms with Crippen LogP contribution in [0.4, 0.5) is 0 Å². The van der Waals surface area contributed by atoms with Crippen molar-refractivity contribution in [3.05, 3.63) is 94.5 Å². The van der Waals surface area contributed by atoms with Gasteiger partial charge in [-0.1, -0.05) is 72.3 Å². The van der Waals surface area contributed by atoms with E-state index in [1.54, 1.807) is 13.2 Å². The smallest absolute Gasteiger partial charge is 0.166 e. The van der Waals surface area contributed by atoms with Gasteiger partial charge in [-0.2, -0.15) is 0 Å². The molecule has 0 bridgehead atoms. The van der Waals surface area contributed by atoms with Crippen LogP contribution in [-0.4, -0.2) is 13.7 Å². The Hall–Kier alpha value is -2.20. The first kappa shape index (κ1) is 22.1. The summed E-state index contributed by atoms with van der Waals surface area (Å²) < 4.78 is 11.6. The van der Waals surface area contributed by atoms with Crippen LogP contribution < -0.4 is 14.8 Å². The van der Waals surface area contributed by atoms with Gasteiger partial charge in [0.2, 0.25) is 0 Å². The van der Waals surface area contributed by atoms with Crippen molar-refractivity contribution in [1.82, 2.24) is 5.32 Å². The van der Waals surface area contributed by atoms with E-state index in [-0.39, 0.29) is 12.4 Å². The van der Waals surface area contributed by atoms with Gasteiger partial charge in [0.25, 0.3) is 0 Å². The summed E-state index contributed by atoms with van der Waals surface area (Å²) in [6.45, 7) is 2.01. The molecular weight excluding hydrogens is 393 g/mol. The number of hydrogen-bond acceptors (Lipinski definition) is 3. The molecule has 3 aromatic carbocycles. The van der Waals surface area contributed by atoms with Crippen LogP contribution in [0.25, 0.3) is 0 Å². The van der Waals surface area contributed by atoms with Gasteiger partial charge in [0.05, 0.1) is 7.11 Å². The largest absolute Gasteiger partial charge is 0.493 e. The predicted octanol–water partition coefficient (Wildman–Crippen LogP) is 5.68. The van der Waals surface area contributed by atoms with Gasteiger partial charge < -0.3 is 14.8 Å². The molecule has 148 valence electrons. The fourth-order valence-corrected chi connectivity index (χ4v) is 3.13. The Morgan fingerprint density at radius 2 is 1.54 bits per heavy atom. The van der Waals surface area contributed by atoms with Crippen molar-refractivity contribution in [2.45, 2.75) is 19.6 Å². The van der Waals surface area contributed by atoms with Gasteiger partial charge in [0.1, 0.15) is 6.61 Å². The van der Waals surface area contributed by atoms with Crippen molar-refractivity contribution in [3.8, 4) is 11.5 Å². The van der Waals surface area contributed by atoms with E-state index in [2.05, 4.69) is 29.6 Å². The Labute approximate surface area is 178 Å². The van der Waals surface area contributed by atoms with Gasteiger partial charge >= 0.3 is 0 Å². The Bertz CT molecular complexity index is 842. The second kappa shape index (κ2) is 11.6. The van der Waals surface area contributed by atoms with Crippen molar-refractivity contribution in [3.63, 3.8) is 0 Å². The van der Waals surface area contributed by atoms with Gasteiger partial charge in [-0.3, -0.25) is 0 Å². The molecule has 0 atom stereocenters. The van der Waals surface area contributed by atoms with Gasteiger partial charge in [0, 0.05) is 23.2 Å². The molecule has 0 aromatic heterocycles. The lowest BCUT2D eigenvalue weighted by molar-refractivity contribution is 0.280. The average Bonchev–Trinajstić information content (AvgIpc) is 2.71. The van der Waals surface area contributed by atoms with Crippen molar-refractivity contribution in [2.75, 3.05) is 13.7 Å². The average molecular weight is 418 g/mol. The maximum absolute atomic E-state index is 6.26. The Morgan fingerprint density at radius 1 is 0.893 bits per heavy atom. The molecule has 3 aromatic rings. The molecule has 0 amide bonds. The molecule has 3 nitrogen and oxygen atoms in total. The lowest BCUT2D eigenvalue weighted by atomic mass is 10.1. The predicted molar refractivity (Wildman–Crippen MR) is 118 cm³/mol. The number of methoxy groups -OCH3 is 1. The lowest BCUT2D eigenvalue weighted by Gasteiger charge is -2.16. The fourth-order valence-electron chi connectivity index (χ4n) is 2.90. The summed E-state index contributed by atoms with van der Waals surface area (Å²) in [5.74, 6) is 1.39. The minimum Gasteiger partial charge on any atom is -0.493 e. The molecule has 0 aliphatic carbocycles. The molecule has 3 rings (SSSR count). The number of nitrogens with one attached hydrogen (secondary N) is 1. The van der Waals surface area contributed by atoms with Crippen LogP contribution in [0.2, 0.25) is 5.02 Å². The van der Waals surface area contributed by atoms with Gasteiger partial charge in [-0.15, -0.1) is 12.4 Å². The molecule has 0 aliphatic rings. The third-order valence-electron chi connectivity index (χ3n) is 4.29. The zero-order valence-electron chi connectivity index (χ0n) is 15.9. The molecule has 0 saturated carbocycles. The lowest BCUT2D eigenvalue weighted by Crippen LogP contribution is -2.17. The summed E-state index contributed by atoms with van der Waals surface area (Å²) in [6, 6.07) is 24.2. The molecular formula is C23H25Cl2NO2. The minimum absolute atomic E-state index is 0. The summed E-state index contributed by atoms with van der Waals surface area (Å²) in [6.07, 6.45) is 0.971. The maximum atomic E-state index is 6.26. The first-order valence-corrected chi connectivity index (χ1v) is 9.42. The van der Waals surface area contributed by atoms with E-state index in [9.17, 15) is 0 Å². The Kier molecular flexibility index (Phi) is 9.15. The highest BCUT2D eigenvalue weighted by Crippen LogP contribution is 2.35. The summed E-state index contributed by atoms with van der Waals surface area (Å²) in [5, 5.41) is 4.11. The molecule has 0 fully saturated rings. The summed E-state index contributed by atoms with van der Waals surface area (Å²) in [5.41, 5.74) is 3.41. The Balaban J connectivity index is 0.00000280. The third kappa shape index (κ3) is 6.45. The highest BCUT2D eigenvalue weighted by atomic mass is 35.5. The minimum atomic E-state index is 0. The summed E-state index contributed by atoms with van der Waals surface area (Å²) in [7, 11) is 1.63. The van der Waals surface area contributed by atoms with Gasteiger partial charge in [0.15, 0.2) is 11.5 Å². The topological polar surface area (TPSA) is 30.5 Å². The first-order chi connectivity index (χ1) is 13.3. The summed E-state index contributed by atoms with van der Waals surface area (Å²) in [4.78, 5) is 0. The van der Waals surface area contributed by atoms with E-state index in [0.717, 1.165) is 29.8 Å². The highest BCUT2D eigenvalue weighted by molar-refractivity contribution is 6.30. The number of ether oxygens (including phenoxy) is 2. The quantitative estimate of drug-likeness (QED) is 0.454. The molecule has 5 heteroatoms. The molecule has 28 heavy (non-hydrogen) atoms. The van der Waals surface area contributed by atoms with E-state index in [1.807, 2.05) is 42.5 Å². The molecule has 0 spiro atoms. The van der Waals surface area contributed by atoms with Gasteiger partial charge in [-0.05, 0) is 30.2 Å². The van der Waals surface area contributed by atoms with E-state index in [1.165, 1.54) is 5.56 Å². The standard InChI is InChI=1S/C23H24ClNO2.ClH/c1-26-22-15-21(24)14-20(16-25-13-12-18-8-4-2-5-9-18)23(22)27-17-19-10-6-3-7-11-19;/h2-11,14-15,25H,12-13,16-17H2,1H3;1H. The second-order valence-electron chi connectivity index (χ2n) is 6.28. The molecule has 1 N–H and O–H groups in total. The van der Waals surface area contributed by atoms with Crippen LogP contribution >= 0.6 is 24.0 Å². The third-order valence-corrected chi connectivity index (χ3v) is 4.51. The normalized spacial score (nSPS) is 10.2. The van der Waals surface area contributed by atoms with E-state index in [4.69, 9.17) is 21.1 Å². The number of hydrogen-bond donors (Lipinski definition) is 1. The summed E-state index contributed by atoms with van der Waals surface area (Å²) >= 11 is 6.26. The monoisotopic (exact) mass is 417 g/mol.